The van der Waals surface area contributed by atoms with Crippen LogP contribution in [0, 0.1) is 5.92 Å². The molecule has 0 fully saturated rings. The summed E-state index contributed by atoms with van der Waals surface area (Å²) in [7, 11) is -1.64. The second-order valence-corrected chi connectivity index (χ2v) is 5.44. The molecule has 1 aromatic heterocycles. The van der Waals surface area contributed by atoms with Crippen LogP contribution in [0.3, 0.4) is 0 Å². The van der Waals surface area contributed by atoms with E-state index in [1.807, 2.05) is 24.3 Å². The van der Waals surface area contributed by atoms with Gasteiger partial charge in [-0.2, -0.15) is 12.6 Å². The summed E-state index contributed by atoms with van der Waals surface area (Å²) in [6, 6.07) is 7.48. The largest absolute Gasteiger partial charge is 0.475 e. The molecular formula is C14H18BNO4S. The summed E-state index contributed by atoms with van der Waals surface area (Å²) in [5, 5.41) is 22.5. The van der Waals surface area contributed by atoms with Gasteiger partial charge in [0.2, 0.25) is 5.91 Å². The standard InChI is InChI=1S/C14H18BNO4S/c1-9(8-21)14(17)16-13(15(18)19)6-10-7-20-12-5-3-2-4-11(10)12/h2-5,7,9,13,18-19,21H,6,8H2,1H3,(H,16,17)/t9-,13+/m1/s1. The van der Waals surface area contributed by atoms with Crippen molar-refractivity contribution < 1.29 is 19.3 Å². The second kappa shape index (κ2) is 7.02. The molecule has 112 valence electrons. The van der Waals surface area contributed by atoms with Crippen LogP contribution in [0.4, 0.5) is 0 Å². The van der Waals surface area contributed by atoms with E-state index < -0.39 is 13.1 Å². The van der Waals surface area contributed by atoms with E-state index in [4.69, 9.17) is 4.42 Å². The van der Waals surface area contributed by atoms with Gasteiger partial charge in [-0.1, -0.05) is 25.1 Å². The Balaban J connectivity index is 2.15. The minimum absolute atomic E-state index is 0.254. The topological polar surface area (TPSA) is 82.7 Å². The lowest BCUT2D eigenvalue weighted by Gasteiger charge is -2.19. The van der Waals surface area contributed by atoms with Crippen molar-refractivity contribution in [3.8, 4) is 0 Å². The monoisotopic (exact) mass is 307 g/mol. The number of hydrogen-bond donors (Lipinski definition) is 4. The fraction of sp³-hybridized carbons (Fsp3) is 0.357. The van der Waals surface area contributed by atoms with Crippen LogP contribution in [-0.4, -0.2) is 34.8 Å². The molecule has 0 aliphatic carbocycles. The Labute approximate surface area is 128 Å². The normalized spacial score (nSPS) is 13.9. The first-order valence-electron chi connectivity index (χ1n) is 6.75. The van der Waals surface area contributed by atoms with E-state index in [0.717, 1.165) is 16.5 Å². The second-order valence-electron chi connectivity index (χ2n) is 5.07. The molecule has 7 heteroatoms. The third-order valence-electron chi connectivity index (χ3n) is 3.41. The van der Waals surface area contributed by atoms with Crippen LogP contribution in [0.1, 0.15) is 12.5 Å². The summed E-state index contributed by atoms with van der Waals surface area (Å²) in [6.07, 6.45) is 1.86. The number of carbonyl (C=O) groups excluding carboxylic acids is 1. The quantitative estimate of drug-likeness (QED) is 0.475. The molecule has 2 rings (SSSR count). The number of para-hydroxylation sites is 1. The SMILES string of the molecule is C[C@H](CS)C(=O)N[C@@H](Cc1coc2ccccc12)B(O)O. The molecule has 3 N–H and O–H groups in total. The number of fused-ring (bicyclic) bond motifs is 1. The zero-order chi connectivity index (χ0) is 15.4. The number of nitrogens with one attached hydrogen (secondary N) is 1. The fourth-order valence-electron chi connectivity index (χ4n) is 2.07. The molecule has 2 aromatic rings. The van der Waals surface area contributed by atoms with Crippen LogP contribution in [0.5, 0.6) is 0 Å². The molecule has 0 bridgehead atoms. The average molecular weight is 307 g/mol. The van der Waals surface area contributed by atoms with Crippen LogP contribution in [0.15, 0.2) is 34.9 Å². The van der Waals surface area contributed by atoms with E-state index in [1.165, 1.54) is 0 Å². The van der Waals surface area contributed by atoms with Gasteiger partial charge in [0, 0.05) is 17.1 Å². The van der Waals surface area contributed by atoms with Gasteiger partial charge >= 0.3 is 7.12 Å². The molecule has 0 saturated carbocycles. The average Bonchev–Trinajstić information content (AvgIpc) is 2.88. The molecule has 1 aromatic carbocycles. The van der Waals surface area contributed by atoms with E-state index in [1.54, 1.807) is 13.2 Å². The third-order valence-corrected chi connectivity index (χ3v) is 3.96. The van der Waals surface area contributed by atoms with Crippen LogP contribution in [0.2, 0.25) is 0 Å². The Kier molecular flexibility index (Phi) is 5.33. The van der Waals surface area contributed by atoms with Crippen molar-refractivity contribution in [1.29, 1.82) is 0 Å². The number of amides is 1. The fourth-order valence-corrected chi connectivity index (χ4v) is 2.23. The zero-order valence-electron chi connectivity index (χ0n) is 11.7. The molecule has 0 unspecified atom stereocenters. The van der Waals surface area contributed by atoms with Crippen molar-refractivity contribution in [1.82, 2.24) is 5.32 Å². The number of thiol groups is 1. The summed E-state index contributed by atoms with van der Waals surface area (Å²) >= 11 is 4.07. The van der Waals surface area contributed by atoms with Gasteiger partial charge in [0.05, 0.1) is 12.2 Å². The van der Waals surface area contributed by atoms with Gasteiger partial charge in [0.1, 0.15) is 5.58 Å². The summed E-state index contributed by atoms with van der Waals surface area (Å²) in [5.41, 5.74) is 1.55. The maximum atomic E-state index is 11.9. The first-order chi connectivity index (χ1) is 10.0. The summed E-state index contributed by atoms with van der Waals surface area (Å²) in [5.74, 6) is -0.943. The highest BCUT2D eigenvalue weighted by Crippen LogP contribution is 2.22. The molecule has 5 nitrogen and oxygen atoms in total. The number of hydrogen-bond acceptors (Lipinski definition) is 5. The smallest absolute Gasteiger partial charge is 0.464 e. The minimum Gasteiger partial charge on any atom is -0.464 e. The molecule has 21 heavy (non-hydrogen) atoms. The maximum absolute atomic E-state index is 11.9. The van der Waals surface area contributed by atoms with Crippen molar-refractivity contribution in [2.45, 2.75) is 19.3 Å². The predicted octanol–water partition coefficient (Wildman–Crippen LogP) is 1.04. The van der Waals surface area contributed by atoms with Gasteiger partial charge in [-0.25, -0.2) is 0 Å². The molecule has 1 heterocycles. The molecule has 0 radical (unpaired) electrons. The lowest BCUT2D eigenvalue weighted by atomic mass is 9.75. The van der Waals surface area contributed by atoms with Crippen molar-refractivity contribution in [2.75, 3.05) is 5.75 Å². The van der Waals surface area contributed by atoms with E-state index in [-0.39, 0.29) is 18.2 Å². The number of furan rings is 1. The van der Waals surface area contributed by atoms with E-state index in [9.17, 15) is 14.8 Å². The molecule has 2 atom stereocenters. The first-order valence-corrected chi connectivity index (χ1v) is 7.38. The van der Waals surface area contributed by atoms with Gasteiger partial charge in [-0.05, 0) is 18.1 Å². The number of carbonyl (C=O) groups is 1. The zero-order valence-corrected chi connectivity index (χ0v) is 12.6. The van der Waals surface area contributed by atoms with Crippen LogP contribution in [0.25, 0.3) is 11.0 Å². The number of rotatable bonds is 6. The van der Waals surface area contributed by atoms with E-state index >= 15 is 0 Å². The summed E-state index contributed by atoms with van der Waals surface area (Å²) in [4.78, 5) is 11.9. The highest BCUT2D eigenvalue weighted by Gasteiger charge is 2.28. The minimum atomic E-state index is -1.64. The third kappa shape index (κ3) is 3.81. The Morgan fingerprint density at radius 2 is 2.14 bits per heavy atom. The van der Waals surface area contributed by atoms with Gasteiger partial charge in [0.25, 0.3) is 0 Å². The predicted molar refractivity (Wildman–Crippen MR) is 85.1 cm³/mol. The molecule has 0 aliphatic heterocycles. The van der Waals surface area contributed by atoms with Crippen LogP contribution < -0.4 is 5.32 Å². The van der Waals surface area contributed by atoms with E-state index in [0.29, 0.717) is 5.75 Å². The molecule has 0 aliphatic rings. The molecule has 1 amide bonds. The van der Waals surface area contributed by atoms with Gasteiger partial charge in [0.15, 0.2) is 0 Å². The summed E-state index contributed by atoms with van der Waals surface area (Å²) in [6.45, 7) is 1.73. The van der Waals surface area contributed by atoms with Gasteiger partial charge in [-0.15, -0.1) is 0 Å². The Hall–Kier alpha value is -1.44. The Morgan fingerprint density at radius 3 is 2.81 bits per heavy atom. The highest BCUT2D eigenvalue weighted by molar-refractivity contribution is 7.80. The highest BCUT2D eigenvalue weighted by atomic mass is 32.1. The first kappa shape index (κ1) is 15.9. The lowest BCUT2D eigenvalue weighted by molar-refractivity contribution is -0.124. The van der Waals surface area contributed by atoms with Gasteiger partial charge < -0.3 is 19.8 Å². The van der Waals surface area contributed by atoms with Crippen molar-refractivity contribution >= 4 is 36.6 Å². The summed E-state index contributed by atoms with van der Waals surface area (Å²) < 4.78 is 5.42. The lowest BCUT2D eigenvalue weighted by Crippen LogP contribution is -2.49. The van der Waals surface area contributed by atoms with E-state index in [2.05, 4.69) is 17.9 Å². The molecule has 0 saturated heterocycles. The molecular weight excluding hydrogens is 289 g/mol. The van der Waals surface area contributed by atoms with Crippen LogP contribution in [-0.2, 0) is 11.2 Å². The molecule has 0 spiro atoms. The van der Waals surface area contributed by atoms with Gasteiger partial charge in [-0.3, -0.25) is 4.79 Å². The van der Waals surface area contributed by atoms with Crippen molar-refractivity contribution in [3.05, 3.63) is 36.1 Å². The van der Waals surface area contributed by atoms with Crippen LogP contribution >= 0.6 is 12.6 Å². The number of benzene rings is 1. The Bertz CT molecular complexity index is 616. The Morgan fingerprint density at radius 1 is 1.43 bits per heavy atom. The maximum Gasteiger partial charge on any atom is 0.475 e. The van der Waals surface area contributed by atoms with Crippen molar-refractivity contribution in [3.63, 3.8) is 0 Å². The van der Waals surface area contributed by atoms with Crippen molar-refractivity contribution in [2.24, 2.45) is 5.92 Å².